The first-order valence-electron chi connectivity index (χ1n) is 8.41. The van der Waals surface area contributed by atoms with E-state index < -0.39 is 6.61 Å². The molecule has 1 heterocycles. The number of hydrogen-bond donors (Lipinski definition) is 0. The van der Waals surface area contributed by atoms with Gasteiger partial charge < -0.3 is 4.74 Å². The second-order valence-corrected chi connectivity index (χ2v) is 7.25. The number of aromatic nitrogens is 2. The number of ketones is 1. The molecule has 0 saturated carbocycles. The number of thioether (sulfide) groups is 1. The molecule has 0 bridgehead atoms. The minimum absolute atomic E-state index is 0.00467. The largest absolute Gasteiger partial charge is 0.435 e. The quantitative estimate of drug-likeness (QED) is 0.219. The van der Waals surface area contributed by atoms with Gasteiger partial charge in [-0.3, -0.25) is 14.2 Å². The summed E-state index contributed by atoms with van der Waals surface area (Å²) >= 11 is 7.09. The van der Waals surface area contributed by atoms with Crippen LogP contribution in [0.2, 0.25) is 5.02 Å². The zero-order valence-corrected chi connectivity index (χ0v) is 16.6. The van der Waals surface area contributed by atoms with Crippen molar-refractivity contribution in [1.82, 2.24) is 9.55 Å². The van der Waals surface area contributed by atoms with E-state index in [-0.39, 0.29) is 29.4 Å². The Morgan fingerprint density at radius 3 is 2.66 bits per heavy atom. The van der Waals surface area contributed by atoms with Gasteiger partial charge in [-0.2, -0.15) is 8.78 Å². The first-order chi connectivity index (χ1) is 13.9. The summed E-state index contributed by atoms with van der Waals surface area (Å²) in [4.78, 5) is 29.7. The predicted molar refractivity (Wildman–Crippen MR) is 109 cm³/mol. The molecule has 2 aromatic carbocycles. The Morgan fingerprint density at radius 2 is 2.00 bits per heavy atom. The molecule has 0 fully saturated rings. The van der Waals surface area contributed by atoms with Gasteiger partial charge in [-0.25, -0.2) is 4.98 Å². The number of hydrogen-bond acceptors (Lipinski definition) is 5. The highest BCUT2D eigenvalue weighted by Crippen LogP contribution is 2.22. The van der Waals surface area contributed by atoms with Crippen molar-refractivity contribution < 1.29 is 18.3 Å². The van der Waals surface area contributed by atoms with Crippen LogP contribution in [0.3, 0.4) is 0 Å². The fourth-order valence-corrected chi connectivity index (χ4v) is 3.68. The number of halogens is 3. The monoisotopic (exact) mass is 436 g/mol. The van der Waals surface area contributed by atoms with Crippen LogP contribution in [-0.4, -0.2) is 27.7 Å². The summed E-state index contributed by atoms with van der Waals surface area (Å²) in [6, 6.07) is 10.2. The van der Waals surface area contributed by atoms with Gasteiger partial charge in [-0.1, -0.05) is 29.4 Å². The smallest absolute Gasteiger partial charge is 0.387 e. The minimum atomic E-state index is -2.93. The number of rotatable bonds is 8. The normalized spacial score (nSPS) is 11.0. The molecule has 9 heteroatoms. The fraction of sp³-hybridized carbons (Fsp3) is 0.150. The van der Waals surface area contributed by atoms with Crippen molar-refractivity contribution in [1.29, 1.82) is 0 Å². The number of ether oxygens (including phenoxy) is 1. The van der Waals surface area contributed by atoms with Crippen molar-refractivity contribution in [3.8, 4) is 5.75 Å². The highest BCUT2D eigenvalue weighted by molar-refractivity contribution is 7.99. The Labute approximate surface area is 174 Å². The molecule has 3 rings (SSSR count). The Hall–Kier alpha value is -2.71. The summed E-state index contributed by atoms with van der Waals surface area (Å²) < 4.78 is 30.1. The number of allylic oxidation sites excluding steroid dienone is 1. The van der Waals surface area contributed by atoms with Crippen LogP contribution < -0.4 is 10.3 Å². The van der Waals surface area contributed by atoms with Gasteiger partial charge in [0, 0.05) is 17.1 Å². The average Bonchev–Trinajstić information content (AvgIpc) is 2.68. The SMILES string of the molecule is C=CCn1c(SCC(=O)c2ccc(OC(F)F)cc2)nc2cc(Cl)ccc2c1=O. The van der Waals surface area contributed by atoms with E-state index in [1.165, 1.54) is 28.8 Å². The molecule has 0 aliphatic heterocycles. The van der Waals surface area contributed by atoms with E-state index in [4.69, 9.17) is 11.6 Å². The van der Waals surface area contributed by atoms with Gasteiger partial charge in [-0.05, 0) is 42.5 Å². The van der Waals surface area contributed by atoms with Crippen molar-refractivity contribution >= 4 is 40.0 Å². The van der Waals surface area contributed by atoms with Gasteiger partial charge in [0.15, 0.2) is 10.9 Å². The number of carbonyl (C=O) groups excluding carboxylic acids is 1. The third-order valence-corrected chi connectivity index (χ3v) is 5.14. The van der Waals surface area contributed by atoms with E-state index >= 15 is 0 Å². The maximum atomic E-state index is 12.7. The summed E-state index contributed by atoms with van der Waals surface area (Å²) in [6.45, 7) is 0.961. The van der Waals surface area contributed by atoms with Gasteiger partial charge in [0.2, 0.25) is 0 Å². The lowest BCUT2D eigenvalue weighted by Gasteiger charge is -2.11. The minimum Gasteiger partial charge on any atom is -0.435 e. The van der Waals surface area contributed by atoms with Gasteiger partial charge in [0.25, 0.3) is 5.56 Å². The number of Topliss-reactive ketones (excluding diaryl/α,β-unsaturated/α-hetero) is 1. The van der Waals surface area contributed by atoms with E-state index in [0.29, 0.717) is 26.6 Å². The summed E-state index contributed by atoms with van der Waals surface area (Å²) in [6.07, 6.45) is 1.57. The second-order valence-electron chi connectivity index (χ2n) is 5.88. The maximum Gasteiger partial charge on any atom is 0.387 e. The Morgan fingerprint density at radius 1 is 1.28 bits per heavy atom. The third kappa shape index (κ3) is 5.02. The van der Waals surface area contributed by atoms with Crippen molar-refractivity contribution in [2.75, 3.05) is 5.75 Å². The molecule has 3 aromatic rings. The molecular formula is C20H15ClF2N2O3S. The third-order valence-electron chi connectivity index (χ3n) is 3.93. The molecule has 0 aliphatic rings. The highest BCUT2D eigenvalue weighted by Gasteiger charge is 2.14. The number of alkyl halides is 2. The fourth-order valence-electron chi connectivity index (χ4n) is 2.61. The lowest BCUT2D eigenvalue weighted by molar-refractivity contribution is -0.0498. The van der Waals surface area contributed by atoms with Gasteiger partial charge in [-0.15, -0.1) is 6.58 Å². The molecule has 1 aromatic heterocycles. The zero-order valence-electron chi connectivity index (χ0n) is 15.0. The first kappa shape index (κ1) is 21.0. The average molecular weight is 437 g/mol. The van der Waals surface area contributed by atoms with Crippen LogP contribution in [0, 0.1) is 0 Å². The molecule has 0 atom stereocenters. The molecule has 150 valence electrons. The van der Waals surface area contributed by atoms with E-state index in [1.54, 1.807) is 24.3 Å². The summed E-state index contributed by atoms with van der Waals surface area (Å²) in [7, 11) is 0. The van der Waals surface area contributed by atoms with Crippen molar-refractivity contribution in [3.63, 3.8) is 0 Å². The molecule has 0 spiro atoms. The Kier molecular flexibility index (Phi) is 6.66. The maximum absolute atomic E-state index is 12.7. The van der Waals surface area contributed by atoms with Crippen LogP contribution in [0.5, 0.6) is 5.75 Å². The van der Waals surface area contributed by atoms with E-state index in [2.05, 4.69) is 16.3 Å². The van der Waals surface area contributed by atoms with Gasteiger partial charge >= 0.3 is 6.61 Å². The molecular weight excluding hydrogens is 422 g/mol. The van der Waals surface area contributed by atoms with Crippen LogP contribution in [-0.2, 0) is 6.54 Å². The molecule has 5 nitrogen and oxygen atoms in total. The lowest BCUT2D eigenvalue weighted by Crippen LogP contribution is -2.23. The molecule has 0 saturated heterocycles. The van der Waals surface area contributed by atoms with Crippen molar-refractivity contribution in [3.05, 3.63) is 76.1 Å². The molecule has 29 heavy (non-hydrogen) atoms. The molecule has 0 amide bonds. The predicted octanol–water partition coefficient (Wildman–Crippen LogP) is 4.81. The number of fused-ring (bicyclic) bond motifs is 1. The number of benzene rings is 2. The Bertz CT molecular complexity index is 1120. The standard InChI is InChI=1S/C20H15ClF2N2O3S/c1-2-9-25-18(27)15-8-5-13(21)10-16(15)24-20(25)29-11-17(26)12-3-6-14(7-4-12)28-19(22)23/h2-8,10,19H,1,9,11H2. The summed E-state index contributed by atoms with van der Waals surface area (Å²) in [5.74, 6) is -0.272. The van der Waals surface area contributed by atoms with Crippen LogP contribution >= 0.6 is 23.4 Å². The first-order valence-corrected chi connectivity index (χ1v) is 9.77. The van der Waals surface area contributed by atoms with Crippen LogP contribution in [0.25, 0.3) is 10.9 Å². The number of carbonyl (C=O) groups is 1. The van der Waals surface area contributed by atoms with Crippen molar-refractivity contribution in [2.24, 2.45) is 0 Å². The van der Waals surface area contributed by atoms with Crippen LogP contribution in [0.1, 0.15) is 10.4 Å². The van der Waals surface area contributed by atoms with Gasteiger partial charge in [0.1, 0.15) is 5.75 Å². The van der Waals surface area contributed by atoms with Gasteiger partial charge in [0.05, 0.1) is 16.7 Å². The summed E-state index contributed by atoms with van der Waals surface area (Å²) in [5, 5.41) is 1.22. The van der Waals surface area contributed by atoms with Crippen LogP contribution in [0.4, 0.5) is 8.78 Å². The zero-order chi connectivity index (χ0) is 21.0. The lowest BCUT2D eigenvalue weighted by atomic mass is 10.1. The van der Waals surface area contributed by atoms with Crippen molar-refractivity contribution in [2.45, 2.75) is 18.3 Å². The topological polar surface area (TPSA) is 61.2 Å². The molecule has 0 N–H and O–H groups in total. The highest BCUT2D eigenvalue weighted by atomic mass is 35.5. The molecule has 0 aliphatic carbocycles. The second kappa shape index (κ2) is 9.19. The molecule has 0 radical (unpaired) electrons. The summed E-state index contributed by atoms with van der Waals surface area (Å²) in [5.41, 5.74) is 0.516. The van der Waals surface area contributed by atoms with E-state index in [9.17, 15) is 18.4 Å². The van der Waals surface area contributed by atoms with Crippen LogP contribution in [0.15, 0.2) is 65.1 Å². The van der Waals surface area contributed by atoms with E-state index in [1.807, 2.05) is 0 Å². The Balaban J connectivity index is 1.83. The molecule has 0 unspecified atom stereocenters. The van der Waals surface area contributed by atoms with E-state index in [0.717, 1.165) is 11.8 Å². The number of nitrogens with zero attached hydrogens (tertiary/aromatic N) is 2.